The van der Waals surface area contributed by atoms with Gasteiger partial charge in [-0.3, -0.25) is 28.8 Å². The minimum Gasteiger partial charge on any atom is -0.481 e. The van der Waals surface area contributed by atoms with Crippen LogP contribution in [-0.4, -0.2) is 114 Å². The Balaban J connectivity index is 1.58. The van der Waals surface area contributed by atoms with Gasteiger partial charge in [0.15, 0.2) is 18.0 Å². The summed E-state index contributed by atoms with van der Waals surface area (Å²) in [5.41, 5.74) is 12.7. The Bertz CT molecular complexity index is 1710. The van der Waals surface area contributed by atoms with Crippen LogP contribution in [0.5, 0.6) is 0 Å². The molecule has 3 rings (SSSR count). The summed E-state index contributed by atoms with van der Waals surface area (Å²) in [5, 5.41) is 52.2. The molecule has 4 amide bonds. The molecule has 14 N–H and O–H groups in total. The summed E-state index contributed by atoms with van der Waals surface area (Å²) in [6.45, 7) is -0.393. The molecule has 1 aliphatic heterocycles. The zero-order chi connectivity index (χ0) is 38.5. The smallest absolute Gasteiger partial charge is 0.327 e. The van der Waals surface area contributed by atoms with Gasteiger partial charge in [-0.25, -0.2) is 19.8 Å². The number of amides is 4. The van der Waals surface area contributed by atoms with E-state index in [1.807, 2.05) is 5.32 Å². The Labute approximate surface area is 299 Å². The molecule has 0 saturated heterocycles. The van der Waals surface area contributed by atoms with Crippen LogP contribution in [0.4, 0.5) is 11.5 Å². The van der Waals surface area contributed by atoms with Crippen LogP contribution in [0.15, 0.2) is 35.5 Å². The number of anilines is 2. The molecule has 0 radical (unpaired) electrons. The average Bonchev–Trinajstić information content (AvgIpc) is 3.09. The van der Waals surface area contributed by atoms with Crippen LogP contribution in [0.2, 0.25) is 0 Å². The number of hydrogen-bond acceptors (Lipinski definition) is 16. The van der Waals surface area contributed by atoms with Crippen LogP contribution >= 0.6 is 12.6 Å². The standard InChI is InChI=1S/C29H37N11O11S/c30-15(24(46)37-17(7-20(43)44)26(48)38-18(11-52)28(50)51)10-34-25(47)16(5-6-19(41)42)36-23(45)12-1-3-13(4-2-12)32-8-14-9-33-22-21(35-14)27(49)40-29(31)39-22/h1-4,9,15-18,27,32,49,52H,5-8,10-11,30H2,(H,34,47)(H,36,45)(H,37,46)(H,38,48)(H,41,42)(H,43,44)(H,50,51)(H3,31,33,39,40). The van der Waals surface area contributed by atoms with E-state index in [2.05, 4.69) is 54.2 Å². The first-order chi connectivity index (χ1) is 24.6. The molecule has 2 heterocycles. The van der Waals surface area contributed by atoms with Gasteiger partial charge in [-0.05, 0) is 30.7 Å². The third kappa shape index (κ3) is 12.1. The summed E-state index contributed by atoms with van der Waals surface area (Å²) in [4.78, 5) is 97.1. The lowest BCUT2D eigenvalue weighted by Gasteiger charge is -2.22. The number of aromatic nitrogens is 2. The Morgan fingerprint density at radius 2 is 1.58 bits per heavy atom. The number of carboxylic acids is 3. The Morgan fingerprint density at radius 1 is 0.904 bits per heavy atom. The lowest BCUT2D eigenvalue weighted by molar-refractivity contribution is -0.143. The topological polar surface area (TPSA) is 363 Å². The normalized spacial score (nSPS) is 15.5. The predicted octanol–water partition coefficient (Wildman–Crippen LogP) is -3.31. The summed E-state index contributed by atoms with van der Waals surface area (Å²) in [5.74, 6) is -8.08. The number of nitrogens with zero attached hydrogens (tertiary/aromatic N) is 3. The van der Waals surface area contributed by atoms with Crippen LogP contribution in [0, 0.1) is 0 Å². The Hall–Kier alpha value is -6.07. The van der Waals surface area contributed by atoms with E-state index in [4.69, 9.17) is 26.8 Å². The third-order valence-electron chi connectivity index (χ3n) is 7.13. The van der Waals surface area contributed by atoms with Crippen molar-refractivity contribution >= 4 is 71.6 Å². The Morgan fingerprint density at radius 3 is 2.19 bits per heavy atom. The number of benzene rings is 1. The largest absolute Gasteiger partial charge is 0.481 e. The average molecular weight is 748 g/mol. The van der Waals surface area contributed by atoms with Crippen molar-refractivity contribution in [3.05, 3.63) is 47.4 Å². The number of aliphatic hydroxyl groups is 1. The molecular formula is C29H37N11O11S. The van der Waals surface area contributed by atoms with Crippen molar-refractivity contribution in [2.45, 2.75) is 56.2 Å². The van der Waals surface area contributed by atoms with Gasteiger partial charge in [-0.1, -0.05) is 0 Å². The highest BCUT2D eigenvalue weighted by Gasteiger charge is 2.30. The Kier molecular flexibility index (Phi) is 14.6. The summed E-state index contributed by atoms with van der Waals surface area (Å²) in [6.07, 6.45) is -1.58. The molecule has 22 nitrogen and oxygen atoms in total. The number of nitrogens with one attached hydrogen (secondary N) is 6. The number of aliphatic hydroxyl groups excluding tert-OH is 1. The highest BCUT2D eigenvalue weighted by atomic mass is 32.1. The summed E-state index contributed by atoms with van der Waals surface area (Å²) in [7, 11) is 0. The first kappa shape index (κ1) is 40.4. The fraction of sp³-hybridized carbons (Fsp3) is 0.379. The number of carbonyl (C=O) groups is 7. The molecule has 0 fully saturated rings. The maximum Gasteiger partial charge on any atom is 0.327 e. The zero-order valence-electron chi connectivity index (χ0n) is 27.1. The van der Waals surface area contributed by atoms with Gasteiger partial charge in [0.25, 0.3) is 5.91 Å². The number of carbonyl (C=O) groups excluding carboxylic acids is 4. The highest BCUT2D eigenvalue weighted by molar-refractivity contribution is 7.80. The molecule has 1 aliphatic rings. The molecular weight excluding hydrogens is 710 g/mol. The van der Waals surface area contributed by atoms with Gasteiger partial charge in [-0.2, -0.15) is 12.6 Å². The van der Waals surface area contributed by atoms with E-state index in [-0.39, 0.29) is 41.8 Å². The van der Waals surface area contributed by atoms with E-state index >= 15 is 0 Å². The second-order valence-electron chi connectivity index (χ2n) is 11.1. The molecule has 5 unspecified atom stereocenters. The van der Waals surface area contributed by atoms with Gasteiger partial charge in [0.1, 0.15) is 29.9 Å². The van der Waals surface area contributed by atoms with Crippen LogP contribution in [0.1, 0.15) is 47.2 Å². The van der Waals surface area contributed by atoms with Gasteiger partial charge in [-0.15, -0.1) is 0 Å². The number of guanidine groups is 1. The van der Waals surface area contributed by atoms with E-state index in [1.54, 1.807) is 12.1 Å². The molecule has 0 bridgehead atoms. The quantitative estimate of drug-likeness (QED) is 0.0625. The van der Waals surface area contributed by atoms with Gasteiger partial charge in [0, 0.05) is 30.0 Å². The highest BCUT2D eigenvalue weighted by Crippen LogP contribution is 2.23. The number of rotatable bonds is 19. The van der Waals surface area contributed by atoms with Crippen molar-refractivity contribution in [3.63, 3.8) is 0 Å². The minimum absolute atomic E-state index is 0.00104. The first-order valence-corrected chi connectivity index (χ1v) is 15.9. The third-order valence-corrected chi connectivity index (χ3v) is 7.50. The monoisotopic (exact) mass is 747 g/mol. The molecule has 23 heteroatoms. The second kappa shape index (κ2) is 18.8. The van der Waals surface area contributed by atoms with E-state index < -0.39 is 91.3 Å². The number of fused-ring (bicyclic) bond motifs is 1. The molecule has 5 atom stereocenters. The van der Waals surface area contributed by atoms with Crippen molar-refractivity contribution in [1.29, 1.82) is 0 Å². The maximum atomic E-state index is 13.0. The minimum atomic E-state index is -1.72. The van der Waals surface area contributed by atoms with Gasteiger partial charge in [0.2, 0.25) is 17.7 Å². The molecule has 280 valence electrons. The number of hydrogen-bond donors (Lipinski definition) is 13. The van der Waals surface area contributed by atoms with E-state index in [9.17, 15) is 38.7 Å². The molecule has 0 aliphatic carbocycles. The van der Waals surface area contributed by atoms with Crippen LogP contribution in [0.3, 0.4) is 0 Å². The zero-order valence-corrected chi connectivity index (χ0v) is 28.0. The predicted molar refractivity (Wildman–Crippen MR) is 183 cm³/mol. The molecule has 2 aromatic rings. The van der Waals surface area contributed by atoms with E-state index in [1.165, 1.54) is 18.3 Å². The van der Waals surface area contributed by atoms with Crippen LogP contribution in [-0.2, 0) is 35.3 Å². The SMILES string of the molecule is NC1=NC(O)c2nc(CNc3ccc(C(=O)NC(CCC(=O)O)C(=O)NCC(N)C(=O)NC(CC(=O)O)C(=O)NC(CS)C(=O)O)cc3)cnc2N1. The van der Waals surface area contributed by atoms with E-state index in [0.29, 0.717) is 11.4 Å². The van der Waals surface area contributed by atoms with Crippen molar-refractivity contribution < 1.29 is 54.0 Å². The molecule has 0 saturated carbocycles. The fourth-order valence-electron chi connectivity index (χ4n) is 4.41. The second-order valence-corrected chi connectivity index (χ2v) is 11.5. The summed E-state index contributed by atoms with van der Waals surface area (Å²) in [6, 6.07) is -0.143. The summed E-state index contributed by atoms with van der Waals surface area (Å²) >= 11 is 3.80. The molecule has 1 aromatic heterocycles. The van der Waals surface area contributed by atoms with Crippen molar-refractivity contribution in [2.75, 3.05) is 22.9 Å². The number of carboxylic acid groups (broad SMARTS) is 3. The lowest BCUT2D eigenvalue weighted by atomic mass is 10.1. The number of aliphatic imine (C=N–C) groups is 1. The first-order valence-electron chi connectivity index (χ1n) is 15.3. The van der Waals surface area contributed by atoms with Gasteiger partial charge < -0.3 is 63.8 Å². The number of nitrogens with two attached hydrogens (primary N) is 2. The molecule has 0 spiro atoms. The lowest BCUT2D eigenvalue weighted by Crippen LogP contribution is -2.57. The maximum absolute atomic E-state index is 13.0. The molecule has 52 heavy (non-hydrogen) atoms. The number of thiol groups is 1. The molecule has 1 aromatic carbocycles. The van der Waals surface area contributed by atoms with Crippen molar-refractivity contribution in [2.24, 2.45) is 16.5 Å². The fourth-order valence-corrected chi connectivity index (χ4v) is 4.65. The summed E-state index contributed by atoms with van der Waals surface area (Å²) < 4.78 is 0. The van der Waals surface area contributed by atoms with Gasteiger partial charge >= 0.3 is 17.9 Å². The van der Waals surface area contributed by atoms with E-state index in [0.717, 1.165) is 0 Å². The van der Waals surface area contributed by atoms with Crippen LogP contribution < -0.4 is 43.4 Å². The van der Waals surface area contributed by atoms with Gasteiger partial charge in [0.05, 0.1) is 24.9 Å². The number of aliphatic carboxylic acids is 3. The van der Waals surface area contributed by atoms with Crippen molar-refractivity contribution in [3.8, 4) is 0 Å². The van der Waals surface area contributed by atoms with Crippen LogP contribution in [0.25, 0.3) is 0 Å². The van der Waals surface area contributed by atoms with Crippen molar-refractivity contribution in [1.82, 2.24) is 31.2 Å².